The molecule has 0 bridgehead atoms. The maximum absolute atomic E-state index is 13.0. The van der Waals surface area contributed by atoms with Gasteiger partial charge in [0, 0.05) is 29.0 Å². The van der Waals surface area contributed by atoms with E-state index in [0.717, 1.165) is 11.7 Å². The van der Waals surface area contributed by atoms with E-state index in [1.54, 1.807) is 12.1 Å². The predicted molar refractivity (Wildman–Crippen MR) is 121 cm³/mol. The fourth-order valence-corrected chi connectivity index (χ4v) is 3.40. The average Bonchev–Trinajstić information content (AvgIpc) is 2.65. The van der Waals surface area contributed by atoms with Gasteiger partial charge in [-0.2, -0.15) is 16.7 Å². The highest BCUT2D eigenvalue weighted by molar-refractivity contribution is 7.98. The number of sulfone groups is 1. The Balaban J connectivity index is 2.37. The highest BCUT2D eigenvalue weighted by atomic mass is 32.2. The van der Waals surface area contributed by atoms with Gasteiger partial charge in [0.1, 0.15) is 17.1 Å². The third-order valence-electron chi connectivity index (χ3n) is 3.85. The Morgan fingerprint density at radius 1 is 1.27 bits per heavy atom. The Morgan fingerprint density at radius 2 is 1.93 bits per heavy atom. The first-order chi connectivity index (χ1) is 14.0. The van der Waals surface area contributed by atoms with Gasteiger partial charge in [0.25, 0.3) is 5.91 Å². The van der Waals surface area contributed by atoms with E-state index in [0.29, 0.717) is 17.3 Å². The van der Waals surface area contributed by atoms with Crippen LogP contribution in [0.1, 0.15) is 37.0 Å². The summed E-state index contributed by atoms with van der Waals surface area (Å²) in [6, 6.07) is 8.57. The Bertz CT molecular complexity index is 1000. The Labute approximate surface area is 182 Å². The third kappa shape index (κ3) is 7.46. The molecule has 0 saturated carbocycles. The number of hydrogen-bond acceptors (Lipinski definition) is 7. The van der Waals surface area contributed by atoms with Crippen LogP contribution in [0, 0.1) is 0 Å². The number of nitrogens with one attached hydrogen (secondary N) is 1. The first-order valence-corrected chi connectivity index (χ1v) is 12.6. The summed E-state index contributed by atoms with van der Waals surface area (Å²) in [4.78, 5) is 21.8. The summed E-state index contributed by atoms with van der Waals surface area (Å²) >= 11 is 1.49. The van der Waals surface area contributed by atoms with E-state index < -0.39 is 21.8 Å². The molecular formula is C21H27N3O4S2. The minimum absolute atomic E-state index is 0.147. The largest absolute Gasteiger partial charge is 0.438 e. The van der Waals surface area contributed by atoms with Crippen LogP contribution in [0.3, 0.4) is 0 Å². The van der Waals surface area contributed by atoms with Gasteiger partial charge in [-0.15, -0.1) is 0 Å². The summed E-state index contributed by atoms with van der Waals surface area (Å²) in [5.74, 6) is 1.30. The molecule has 0 spiro atoms. The van der Waals surface area contributed by atoms with E-state index in [2.05, 4.69) is 15.3 Å². The number of ether oxygens (including phenoxy) is 1. The number of rotatable bonds is 8. The molecule has 1 aromatic heterocycles. The van der Waals surface area contributed by atoms with Crippen molar-refractivity contribution in [2.75, 3.05) is 18.3 Å². The molecule has 2 aromatic rings. The lowest BCUT2D eigenvalue weighted by Gasteiger charge is -2.19. The Kier molecular flexibility index (Phi) is 8.03. The second kappa shape index (κ2) is 10.1. The molecule has 0 aliphatic rings. The molecule has 0 fully saturated rings. The number of para-hydroxylation sites is 1. The number of nitrogens with zero attached hydrogens (tertiary/aromatic N) is 2. The molecule has 0 unspecified atom stereocenters. The van der Waals surface area contributed by atoms with Crippen molar-refractivity contribution in [1.29, 1.82) is 0 Å². The van der Waals surface area contributed by atoms with E-state index in [4.69, 9.17) is 4.74 Å². The monoisotopic (exact) mass is 449 g/mol. The van der Waals surface area contributed by atoms with Gasteiger partial charge >= 0.3 is 0 Å². The Hall–Kier alpha value is -2.39. The summed E-state index contributed by atoms with van der Waals surface area (Å²) < 4.78 is 28.8. The summed E-state index contributed by atoms with van der Waals surface area (Å²) in [5.41, 5.74) is -0.158. The summed E-state index contributed by atoms with van der Waals surface area (Å²) in [6.07, 6.45) is 5.88. The number of amides is 1. The van der Waals surface area contributed by atoms with Crippen LogP contribution in [0.5, 0.6) is 11.6 Å². The minimum atomic E-state index is -3.30. The molecule has 2 rings (SSSR count). The molecule has 30 heavy (non-hydrogen) atoms. The van der Waals surface area contributed by atoms with Crippen molar-refractivity contribution < 1.29 is 17.9 Å². The zero-order chi connectivity index (χ0) is 22.4. The molecule has 162 valence electrons. The van der Waals surface area contributed by atoms with Crippen LogP contribution in [0.2, 0.25) is 0 Å². The molecule has 1 aromatic carbocycles. The normalized spacial score (nSPS) is 13.2. The van der Waals surface area contributed by atoms with Crippen molar-refractivity contribution in [2.24, 2.45) is 0 Å². The van der Waals surface area contributed by atoms with Gasteiger partial charge in [0.05, 0.1) is 6.04 Å². The SMILES string of the molecule is CSC[C@@H](/C=C/S(C)(=O)=O)NC(=O)c1cnc(C(C)(C)C)nc1Oc1ccccc1. The number of hydrogen-bond donors (Lipinski definition) is 1. The van der Waals surface area contributed by atoms with Crippen LogP contribution in [0.15, 0.2) is 48.0 Å². The van der Waals surface area contributed by atoms with Crippen molar-refractivity contribution in [3.8, 4) is 11.6 Å². The number of thioether (sulfide) groups is 1. The Morgan fingerprint density at radius 3 is 2.50 bits per heavy atom. The highest BCUT2D eigenvalue weighted by Crippen LogP contribution is 2.26. The third-order valence-corrected chi connectivity index (χ3v) is 5.19. The molecule has 1 heterocycles. The fourth-order valence-electron chi connectivity index (χ4n) is 2.37. The number of carbonyl (C=O) groups excluding carboxylic acids is 1. The zero-order valence-corrected chi connectivity index (χ0v) is 19.4. The van der Waals surface area contributed by atoms with Gasteiger partial charge in [-0.3, -0.25) is 4.79 Å². The first kappa shape index (κ1) is 23.9. The second-order valence-corrected chi connectivity index (χ2v) is 10.6. The molecule has 0 radical (unpaired) electrons. The van der Waals surface area contributed by atoms with Gasteiger partial charge < -0.3 is 10.1 Å². The van der Waals surface area contributed by atoms with Crippen molar-refractivity contribution in [2.45, 2.75) is 32.2 Å². The van der Waals surface area contributed by atoms with E-state index in [-0.39, 0.29) is 16.9 Å². The van der Waals surface area contributed by atoms with Crippen LogP contribution in [-0.4, -0.2) is 48.6 Å². The molecule has 1 amide bonds. The van der Waals surface area contributed by atoms with Crippen LogP contribution < -0.4 is 10.1 Å². The number of benzene rings is 1. The molecule has 7 nitrogen and oxygen atoms in total. The predicted octanol–water partition coefficient (Wildman–Crippen LogP) is 3.59. The molecule has 0 aliphatic heterocycles. The standard InChI is InChI=1S/C21H27N3O4S2/c1-21(2,3)20-22-13-17(19(24-20)28-16-9-7-6-8-10-16)18(25)23-15(14-29-4)11-12-30(5,26)27/h6-13,15H,14H2,1-5H3,(H,23,25)/b12-11+/t15-/m1/s1. The van der Waals surface area contributed by atoms with E-state index in [1.807, 2.05) is 45.2 Å². The fraction of sp³-hybridized carbons (Fsp3) is 0.381. The average molecular weight is 450 g/mol. The van der Waals surface area contributed by atoms with Gasteiger partial charge in [0.15, 0.2) is 9.84 Å². The summed E-state index contributed by atoms with van der Waals surface area (Å²) in [7, 11) is -3.30. The summed E-state index contributed by atoms with van der Waals surface area (Å²) in [5, 5.41) is 3.91. The van der Waals surface area contributed by atoms with Crippen molar-refractivity contribution in [3.63, 3.8) is 0 Å². The van der Waals surface area contributed by atoms with Gasteiger partial charge in [-0.1, -0.05) is 45.0 Å². The van der Waals surface area contributed by atoms with Crippen LogP contribution in [0.4, 0.5) is 0 Å². The lowest BCUT2D eigenvalue weighted by Crippen LogP contribution is -2.36. The number of carbonyl (C=O) groups is 1. The molecular weight excluding hydrogens is 422 g/mol. The second-order valence-electron chi connectivity index (χ2n) is 7.77. The maximum atomic E-state index is 13.0. The zero-order valence-electron chi connectivity index (χ0n) is 17.7. The lowest BCUT2D eigenvalue weighted by atomic mass is 9.95. The van der Waals surface area contributed by atoms with Crippen molar-refractivity contribution in [3.05, 3.63) is 59.4 Å². The van der Waals surface area contributed by atoms with Crippen LogP contribution in [-0.2, 0) is 15.3 Å². The minimum Gasteiger partial charge on any atom is -0.438 e. The smallest absolute Gasteiger partial charge is 0.258 e. The first-order valence-electron chi connectivity index (χ1n) is 9.28. The maximum Gasteiger partial charge on any atom is 0.258 e. The topological polar surface area (TPSA) is 98.2 Å². The van der Waals surface area contributed by atoms with Gasteiger partial charge in [-0.05, 0) is 18.4 Å². The van der Waals surface area contributed by atoms with E-state index in [1.165, 1.54) is 24.0 Å². The molecule has 1 N–H and O–H groups in total. The van der Waals surface area contributed by atoms with E-state index >= 15 is 0 Å². The molecule has 9 heteroatoms. The summed E-state index contributed by atoms with van der Waals surface area (Å²) in [6.45, 7) is 5.91. The van der Waals surface area contributed by atoms with Crippen molar-refractivity contribution in [1.82, 2.24) is 15.3 Å². The van der Waals surface area contributed by atoms with E-state index in [9.17, 15) is 13.2 Å². The van der Waals surface area contributed by atoms with Gasteiger partial charge in [-0.25, -0.2) is 13.4 Å². The lowest BCUT2D eigenvalue weighted by molar-refractivity contribution is 0.0944. The van der Waals surface area contributed by atoms with Crippen LogP contribution in [0.25, 0.3) is 0 Å². The van der Waals surface area contributed by atoms with Crippen molar-refractivity contribution >= 4 is 27.5 Å². The van der Waals surface area contributed by atoms with Crippen LogP contribution >= 0.6 is 11.8 Å². The quantitative estimate of drug-likeness (QED) is 0.657. The molecule has 1 atom stereocenters. The van der Waals surface area contributed by atoms with Gasteiger partial charge in [0.2, 0.25) is 5.88 Å². The number of aromatic nitrogens is 2. The molecule has 0 saturated heterocycles. The highest BCUT2D eigenvalue weighted by Gasteiger charge is 2.24. The molecule has 0 aliphatic carbocycles.